The van der Waals surface area contributed by atoms with Crippen LogP contribution in [0.25, 0.3) is 0 Å². The summed E-state index contributed by atoms with van der Waals surface area (Å²) < 4.78 is 8.46. The molecule has 3 aliphatic carbocycles. The summed E-state index contributed by atoms with van der Waals surface area (Å²) >= 11 is 0. The highest BCUT2D eigenvalue weighted by Crippen LogP contribution is 2.61. The summed E-state index contributed by atoms with van der Waals surface area (Å²) in [4.78, 5) is 6.99. The molecule has 0 aliphatic heterocycles. The van der Waals surface area contributed by atoms with Crippen LogP contribution < -0.4 is 0 Å². The Morgan fingerprint density at radius 1 is 0.591 bits per heavy atom. The topological polar surface area (TPSA) is 37.3 Å². The number of rotatable bonds is 3. The molecule has 128 valence electrons. The third-order valence-corrected chi connectivity index (χ3v) is 10.1. The number of hydrogen-bond donors (Lipinski definition) is 1. The van der Waals surface area contributed by atoms with Gasteiger partial charge in [-0.3, -0.25) is 0 Å². The first-order chi connectivity index (χ1) is 10.9. The van der Waals surface area contributed by atoms with Gasteiger partial charge in [0.05, 0.1) is 0 Å². The van der Waals surface area contributed by atoms with Gasteiger partial charge in [0.2, 0.25) is 0 Å². The second kappa shape index (κ2) is 11.1. The Kier molecular flexibility index (Phi) is 9.51. The van der Waals surface area contributed by atoms with Crippen LogP contribution in [0.1, 0.15) is 96.3 Å². The molecule has 0 aromatic heterocycles. The Labute approximate surface area is 139 Å². The van der Waals surface area contributed by atoms with Crippen molar-refractivity contribution in [2.45, 2.75) is 113 Å². The Hall–Kier alpha value is 0.490. The maximum absolute atomic E-state index is 8.46. The quantitative estimate of drug-likeness (QED) is 0.582. The van der Waals surface area contributed by atoms with Crippen LogP contribution in [0.5, 0.6) is 0 Å². The summed E-state index contributed by atoms with van der Waals surface area (Å²) in [6, 6.07) is 0. The molecule has 0 radical (unpaired) electrons. The zero-order chi connectivity index (χ0) is 15.6. The van der Waals surface area contributed by atoms with Gasteiger partial charge >= 0.3 is 8.69 Å². The summed E-state index contributed by atoms with van der Waals surface area (Å²) in [6.45, 7) is 0. The predicted molar refractivity (Wildman–Crippen MR) is 97.4 cm³/mol. The summed E-state index contributed by atoms with van der Waals surface area (Å²) in [5, 5.41) is 0. The van der Waals surface area contributed by atoms with E-state index in [0.29, 0.717) is 7.92 Å². The van der Waals surface area contributed by atoms with Crippen molar-refractivity contribution in [2.75, 3.05) is 0 Å². The van der Waals surface area contributed by atoms with Crippen molar-refractivity contribution in [3.8, 4) is 0 Å². The molecule has 3 fully saturated rings. The Morgan fingerprint density at radius 2 is 0.818 bits per heavy atom. The van der Waals surface area contributed by atoms with Gasteiger partial charge in [0.1, 0.15) is 0 Å². The van der Waals surface area contributed by atoms with Gasteiger partial charge in [-0.15, -0.1) is 0 Å². The SMILES string of the molecule is C1CCC(P(C2CCCCC2)C2CCCCC2)CC1.O=PO. The van der Waals surface area contributed by atoms with Crippen LogP contribution in [0.4, 0.5) is 0 Å². The van der Waals surface area contributed by atoms with E-state index in [1.807, 2.05) is 0 Å². The summed E-state index contributed by atoms with van der Waals surface area (Å²) in [6.07, 6.45) is 23.6. The fourth-order valence-electron chi connectivity index (χ4n) is 5.03. The maximum atomic E-state index is 8.46. The Morgan fingerprint density at radius 3 is 1.05 bits per heavy atom. The van der Waals surface area contributed by atoms with Gasteiger partial charge in [0.25, 0.3) is 0 Å². The molecule has 0 spiro atoms. The molecular weight excluding hydrogens is 310 g/mol. The molecule has 3 rings (SSSR count). The highest BCUT2D eigenvalue weighted by molar-refractivity contribution is 7.60. The summed E-state index contributed by atoms with van der Waals surface area (Å²) in [5.41, 5.74) is 3.57. The first-order valence-electron chi connectivity index (χ1n) is 9.61. The lowest BCUT2D eigenvalue weighted by Gasteiger charge is -2.44. The molecular formula is C18H34O2P2. The molecule has 0 unspecified atom stereocenters. The van der Waals surface area contributed by atoms with E-state index in [1.54, 1.807) is 77.0 Å². The Bertz CT molecular complexity index is 251. The summed E-state index contributed by atoms with van der Waals surface area (Å²) in [5.74, 6) is 0. The zero-order valence-corrected chi connectivity index (χ0v) is 15.9. The van der Waals surface area contributed by atoms with E-state index in [2.05, 4.69) is 0 Å². The van der Waals surface area contributed by atoms with Crippen LogP contribution >= 0.6 is 16.6 Å². The van der Waals surface area contributed by atoms with E-state index in [0.717, 1.165) is 0 Å². The second-order valence-electron chi connectivity index (χ2n) is 7.40. The lowest BCUT2D eigenvalue weighted by molar-refractivity contribution is 0.460. The van der Waals surface area contributed by atoms with Crippen molar-refractivity contribution in [3.05, 3.63) is 0 Å². The largest absolute Gasteiger partial charge is 0.324 e. The van der Waals surface area contributed by atoms with Crippen LogP contribution in [0, 0.1) is 0 Å². The van der Waals surface area contributed by atoms with E-state index in [9.17, 15) is 0 Å². The van der Waals surface area contributed by atoms with Crippen LogP contribution in [0.3, 0.4) is 0 Å². The third kappa shape index (κ3) is 5.85. The second-order valence-corrected chi connectivity index (χ2v) is 10.7. The van der Waals surface area contributed by atoms with E-state index < -0.39 is 8.69 Å². The highest BCUT2D eigenvalue weighted by Gasteiger charge is 2.36. The van der Waals surface area contributed by atoms with Crippen molar-refractivity contribution in [3.63, 3.8) is 0 Å². The molecule has 2 nitrogen and oxygen atoms in total. The lowest BCUT2D eigenvalue weighted by Crippen LogP contribution is -2.28. The average molecular weight is 344 g/mol. The number of hydrogen-bond acceptors (Lipinski definition) is 1. The molecule has 0 atom stereocenters. The molecule has 0 bridgehead atoms. The highest BCUT2D eigenvalue weighted by atomic mass is 31.1. The van der Waals surface area contributed by atoms with Crippen molar-refractivity contribution in [2.24, 2.45) is 0 Å². The molecule has 3 aliphatic rings. The molecule has 4 heteroatoms. The zero-order valence-electron chi connectivity index (χ0n) is 14.1. The van der Waals surface area contributed by atoms with E-state index in [-0.39, 0.29) is 0 Å². The van der Waals surface area contributed by atoms with Crippen LogP contribution in [0.15, 0.2) is 0 Å². The minimum absolute atomic E-state index is 0.385. The van der Waals surface area contributed by atoms with Gasteiger partial charge in [-0.05, 0) is 55.5 Å². The van der Waals surface area contributed by atoms with Gasteiger partial charge in [0, 0.05) is 0 Å². The van der Waals surface area contributed by atoms with Crippen LogP contribution in [-0.2, 0) is 4.57 Å². The molecule has 22 heavy (non-hydrogen) atoms. The van der Waals surface area contributed by atoms with Crippen LogP contribution in [0.2, 0.25) is 0 Å². The van der Waals surface area contributed by atoms with Gasteiger partial charge in [-0.2, -0.15) is 0 Å². The third-order valence-electron chi connectivity index (χ3n) is 5.99. The van der Waals surface area contributed by atoms with Gasteiger partial charge < -0.3 is 4.89 Å². The standard InChI is InChI=1S/C18H33P.HO2P/c1-4-10-16(11-5-1)19(17-12-6-2-7-13-17)18-14-8-3-9-15-18;1-3-2/h16-18H,1-15H2;(H,1,2). The minimum Gasteiger partial charge on any atom is -0.310 e. The molecule has 0 aromatic carbocycles. The van der Waals surface area contributed by atoms with Gasteiger partial charge in [0.15, 0.2) is 0 Å². The maximum Gasteiger partial charge on any atom is 0.324 e. The Balaban J connectivity index is 0.000000545. The first kappa shape index (κ1) is 18.8. The molecule has 0 amide bonds. The van der Waals surface area contributed by atoms with Crippen molar-refractivity contribution in [1.29, 1.82) is 0 Å². The van der Waals surface area contributed by atoms with Gasteiger partial charge in [-0.1, -0.05) is 65.7 Å². The fraction of sp³-hybridized carbons (Fsp3) is 1.00. The minimum atomic E-state index is -0.833. The van der Waals surface area contributed by atoms with Crippen molar-refractivity contribution >= 4 is 16.6 Å². The molecule has 0 aromatic rings. The fourth-order valence-corrected chi connectivity index (χ4v) is 9.71. The van der Waals surface area contributed by atoms with E-state index >= 15 is 0 Å². The normalized spacial score (nSPS) is 25.9. The smallest absolute Gasteiger partial charge is 0.310 e. The lowest BCUT2D eigenvalue weighted by atomic mass is 9.99. The van der Waals surface area contributed by atoms with Gasteiger partial charge in [-0.25, -0.2) is 4.57 Å². The average Bonchev–Trinajstić information content (AvgIpc) is 2.59. The van der Waals surface area contributed by atoms with Crippen molar-refractivity contribution in [1.82, 2.24) is 0 Å². The van der Waals surface area contributed by atoms with Crippen molar-refractivity contribution < 1.29 is 9.46 Å². The molecule has 1 N–H and O–H groups in total. The molecule has 0 heterocycles. The predicted octanol–water partition coefficient (Wildman–Crippen LogP) is 6.65. The summed E-state index contributed by atoms with van der Waals surface area (Å²) in [7, 11) is -0.448. The molecule has 3 saturated carbocycles. The van der Waals surface area contributed by atoms with E-state index in [1.165, 1.54) is 36.2 Å². The van der Waals surface area contributed by atoms with E-state index in [4.69, 9.17) is 9.46 Å². The molecule has 0 saturated heterocycles. The first-order valence-corrected chi connectivity index (χ1v) is 11.9. The van der Waals surface area contributed by atoms with Crippen LogP contribution in [-0.4, -0.2) is 21.9 Å². The monoisotopic (exact) mass is 344 g/mol.